The van der Waals surface area contributed by atoms with E-state index in [1.54, 1.807) is 10.9 Å². The van der Waals surface area contributed by atoms with Gasteiger partial charge in [-0.05, 0) is 74.0 Å². The molecule has 0 aliphatic rings. The van der Waals surface area contributed by atoms with Gasteiger partial charge in [0.05, 0.1) is 11.9 Å². The zero-order valence-electron chi connectivity index (χ0n) is 21.1. The van der Waals surface area contributed by atoms with Gasteiger partial charge in [-0.2, -0.15) is 25.2 Å². The Labute approximate surface area is 242 Å². The van der Waals surface area contributed by atoms with Crippen molar-refractivity contribution >= 4 is 55.7 Å². The third kappa shape index (κ3) is 7.06. The van der Waals surface area contributed by atoms with Gasteiger partial charge in [0.25, 0.3) is 5.95 Å². The van der Waals surface area contributed by atoms with Crippen molar-refractivity contribution in [2.24, 2.45) is 5.10 Å². The lowest BCUT2D eigenvalue weighted by Gasteiger charge is -2.10. The Morgan fingerprint density at radius 2 is 1.67 bits per heavy atom. The molecular formula is C28H24Br2N8O. The first-order chi connectivity index (χ1) is 18.9. The van der Waals surface area contributed by atoms with Crippen LogP contribution in [0.2, 0.25) is 0 Å². The predicted octanol–water partition coefficient (Wildman–Crippen LogP) is 6.97. The van der Waals surface area contributed by atoms with Crippen LogP contribution < -0.4 is 15.5 Å². The second-order valence-corrected chi connectivity index (χ2v) is 10.4. The summed E-state index contributed by atoms with van der Waals surface area (Å²) in [6, 6.07) is 25.4. The molecule has 0 saturated heterocycles. The maximum atomic E-state index is 6.06. The van der Waals surface area contributed by atoms with Crippen molar-refractivity contribution in [3.05, 3.63) is 110 Å². The highest BCUT2D eigenvalue weighted by Crippen LogP contribution is 2.21. The summed E-state index contributed by atoms with van der Waals surface area (Å²) in [5.41, 5.74) is 7.39. The van der Waals surface area contributed by atoms with Gasteiger partial charge in [-0.15, -0.1) is 0 Å². The van der Waals surface area contributed by atoms with Gasteiger partial charge in [0.15, 0.2) is 0 Å². The topological polar surface area (TPSA) is 102 Å². The lowest BCUT2D eigenvalue weighted by atomic mass is 10.2. The minimum absolute atomic E-state index is 0.260. The van der Waals surface area contributed by atoms with Crippen molar-refractivity contribution in [1.82, 2.24) is 24.7 Å². The smallest absolute Gasteiger partial charge is 0.257 e. The molecule has 0 spiro atoms. The first-order valence-corrected chi connectivity index (χ1v) is 13.6. The predicted molar refractivity (Wildman–Crippen MR) is 160 cm³/mol. The number of rotatable bonds is 9. The zero-order chi connectivity index (χ0) is 27.2. The van der Waals surface area contributed by atoms with E-state index in [4.69, 9.17) is 4.74 Å². The highest BCUT2D eigenvalue weighted by Gasteiger charge is 2.12. The van der Waals surface area contributed by atoms with E-state index in [0.717, 1.165) is 37.1 Å². The van der Waals surface area contributed by atoms with Crippen LogP contribution in [0.1, 0.15) is 22.5 Å². The van der Waals surface area contributed by atoms with E-state index >= 15 is 0 Å². The number of halogens is 2. The van der Waals surface area contributed by atoms with Gasteiger partial charge in [0.2, 0.25) is 11.9 Å². The number of hydrogen-bond acceptors (Lipinski definition) is 8. The summed E-state index contributed by atoms with van der Waals surface area (Å²) >= 11 is 6.95. The molecule has 0 fully saturated rings. The Morgan fingerprint density at radius 3 is 2.44 bits per heavy atom. The van der Waals surface area contributed by atoms with Crippen molar-refractivity contribution in [1.29, 1.82) is 0 Å². The van der Waals surface area contributed by atoms with Crippen LogP contribution in [-0.4, -0.2) is 30.9 Å². The van der Waals surface area contributed by atoms with Crippen LogP contribution in [0, 0.1) is 13.8 Å². The van der Waals surface area contributed by atoms with Crippen LogP contribution in [0.3, 0.4) is 0 Å². The van der Waals surface area contributed by atoms with Gasteiger partial charge in [-0.3, -0.25) is 0 Å². The van der Waals surface area contributed by atoms with Gasteiger partial charge < -0.3 is 10.1 Å². The highest BCUT2D eigenvalue weighted by molar-refractivity contribution is 9.10. The molecule has 5 aromatic rings. The molecule has 11 heteroatoms. The van der Waals surface area contributed by atoms with Gasteiger partial charge >= 0.3 is 0 Å². The van der Waals surface area contributed by atoms with Crippen molar-refractivity contribution in [3.8, 4) is 11.7 Å². The first-order valence-electron chi connectivity index (χ1n) is 12.0. The second kappa shape index (κ2) is 12.2. The molecule has 196 valence electrons. The van der Waals surface area contributed by atoms with Gasteiger partial charge in [0, 0.05) is 25.9 Å². The third-order valence-electron chi connectivity index (χ3n) is 5.49. The summed E-state index contributed by atoms with van der Waals surface area (Å²) in [7, 11) is 0. The number of aromatic nitrogens is 5. The quantitative estimate of drug-likeness (QED) is 0.132. The molecule has 0 bridgehead atoms. The van der Waals surface area contributed by atoms with E-state index in [2.05, 4.69) is 67.8 Å². The summed E-state index contributed by atoms with van der Waals surface area (Å²) in [5, 5.41) is 12.1. The number of hydrogen-bond donors (Lipinski definition) is 2. The Morgan fingerprint density at radius 1 is 0.872 bits per heavy atom. The van der Waals surface area contributed by atoms with Crippen LogP contribution in [0.25, 0.3) is 5.95 Å². The molecule has 9 nitrogen and oxygen atoms in total. The fourth-order valence-electron chi connectivity index (χ4n) is 3.73. The summed E-state index contributed by atoms with van der Waals surface area (Å²) in [6.07, 6.45) is 1.67. The van der Waals surface area contributed by atoms with Crippen molar-refractivity contribution < 1.29 is 4.74 Å². The first kappa shape index (κ1) is 26.5. The van der Waals surface area contributed by atoms with Crippen LogP contribution in [0.5, 0.6) is 5.75 Å². The molecule has 0 aliphatic carbocycles. The number of nitrogens with zero attached hydrogens (tertiary/aromatic N) is 6. The number of ether oxygens (including phenoxy) is 1. The van der Waals surface area contributed by atoms with Crippen LogP contribution in [0.15, 0.2) is 92.9 Å². The van der Waals surface area contributed by atoms with Gasteiger partial charge in [0.1, 0.15) is 12.4 Å². The van der Waals surface area contributed by atoms with E-state index in [0.29, 0.717) is 24.3 Å². The van der Waals surface area contributed by atoms with Crippen LogP contribution in [-0.2, 0) is 6.61 Å². The molecule has 3 aromatic carbocycles. The van der Waals surface area contributed by atoms with Gasteiger partial charge in [-0.25, -0.2) is 10.1 Å². The molecule has 0 saturated carbocycles. The lowest BCUT2D eigenvalue weighted by Crippen LogP contribution is -2.11. The maximum absolute atomic E-state index is 6.06. The fraction of sp³-hybridized carbons (Fsp3) is 0.107. The SMILES string of the molecule is Cc1cc(C)n(-c2nc(N/N=C\c3ccccc3OCc3cccc(Br)c3)nc(Nc3ccc(Br)cc3)n2)n1. The molecule has 0 atom stereocenters. The van der Waals surface area contributed by atoms with E-state index in [1.165, 1.54) is 0 Å². The number of hydrazone groups is 1. The van der Waals surface area contributed by atoms with Crippen LogP contribution >= 0.6 is 31.9 Å². The summed E-state index contributed by atoms with van der Waals surface area (Å²) < 4.78 is 9.72. The molecule has 0 unspecified atom stereocenters. The van der Waals surface area contributed by atoms with E-state index < -0.39 is 0 Å². The third-order valence-corrected chi connectivity index (χ3v) is 6.52. The minimum atomic E-state index is 0.260. The molecule has 0 aliphatic heterocycles. The molecular weight excluding hydrogens is 624 g/mol. The van der Waals surface area contributed by atoms with Crippen molar-refractivity contribution in [2.75, 3.05) is 10.7 Å². The normalized spacial score (nSPS) is 11.1. The minimum Gasteiger partial charge on any atom is -0.488 e. The molecule has 0 radical (unpaired) electrons. The molecule has 2 N–H and O–H groups in total. The monoisotopic (exact) mass is 646 g/mol. The molecule has 39 heavy (non-hydrogen) atoms. The van der Waals surface area contributed by atoms with E-state index in [9.17, 15) is 0 Å². The largest absolute Gasteiger partial charge is 0.488 e. The Hall–Kier alpha value is -4.09. The summed E-state index contributed by atoms with van der Waals surface area (Å²) in [4.78, 5) is 13.6. The number of para-hydroxylation sites is 1. The Bertz CT molecular complexity index is 1620. The summed E-state index contributed by atoms with van der Waals surface area (Å²) in [5.74, 6) is 1.69. The van der Waals surface area contributed by atoms with Crippen molar-refractivity contribution in [2.45, 2.75) is 20.5 Å². The zero-order valence-corrected chi connectivity index (χ0v) is 24.3. The average molecular weight is 648 g/mol. The summed E-state index contributed by atoms with van der Waals surface area (Å²) in [6.45, 7) is 4.30. The van der Waals surface area contributed by atoms with E-state index in [-0.39, 0.29) is 5.95 Å². The number of aryl methyl sites for hydroxylation is 2. The number of nitrogens with one attached hydrogen (secondary N) is 2. The number of anilines is 3. The number of benzene rings is 3. The Kier molecular flexibility index (Phi) is 8.28. The molecule has 2 heterocycles. The average Bonchev–Trinajstić information content (AvgIpc) is 3.27. The standard InChI is InChI=1S/C28H24Br2N8O/c1-18-14-19(2)38(37-18)28-34-26(32-24-12-10-22(29)11-13-24)33-27(35-28)36-31-16-21-7-3-4-9-25(21)39-17-20-6-5-8-23(30)15-20/h3-16H,17H2,1-2H3,(H2,32,33,34,35,36)/b31-16-. The highest BCUT2D eigenvalue weighted by atomic mass is 79.9. The molecule has 2 aromatic heterocycles. The Balaban J connectivity index is 1.37. The molecule has 0 amide bonds. The maximum Gasteiger partial charge on any atom is 0.257 e. The second-order valence-electron chi connectivity index (χ2n) is 8.58. The molecule has 5 rings (SSSR count). The van der Waals surface area contributed by atoms with Gasteiger partial charge in [-0.1, -0.05) is 56.1 Å². The fourth-order valence-corrected chi connectivity index (χ4v) is 4.44. The van der Waals surface area contributed by atoms with Crippen molar-refractivity contribution in [3.63, 3.8) is 0 Å². The lowest BCUT2D eigenvalue weighted by molar-refractivity contribution is 0.305. The van der Waals surface area contributed by atoms with E-state index in [1.807, 2.05) is 92.7 Å². The van der Waals surface area contributed by atoms with Crippen LogP contribution in [0.4, 0.5) is 17.6 Å².